The summed E-state index contributed by atoms with van der Waals surface area (Å²) in [6.07, 6.45) is 3.13. The molecule has 1 saturated heterocycles. The maximum atomic E-state index is 10.3. The summed E-state index contributed by atoms with van der Waals surface area (Å²) in [6.45, 7) is 8.08. The summed E-state index contributed by atoms with van der Waals surface area (Å²) in [6, 6.07) is 7.85. The number of rotatable bonds is 7. The average molecular weight is 277 g/mol. The third-order valence-corrected chi connectivity index (χ3v) is 4.12. The van der Waals surface area contributed by atoms with Crippen molar-refractivity contribution in [2.75, 3.05) is 26.2 Å². The fourth-order valence-electron chi connectivity index (χ4n) is 2.77. The standard InChI is InChI=1S/C17H27NO2/c1-3-11-20-16-7-5-15(6-8-16)17(19)13-18-10-9-14(4-2)12-18/h5-8,14,17,19H,3-4,9-13H2,1-2H3. The molecule has 20 heavy (non-hydrogen) atoms. The van der Waals surface area contributed by atoms with Crippen LogP contribution in [0.3, 0.4) is 0 Å². The Bertz CT molecular complexity index is 390. The minimum atomic E-state index is -0.397. The molecule has 0 spiro atoms. The van der Waals surface area contributed by atoms with Crippen LogP contribution < -0.4 is 4.74 Å². The molecule has 1 N–H and O–H groups in total. The minimum absolute atomic E-state index is 0.397. The lowest BCUT2D eigenvalue weighted by molar-refractivity contribution is 0.124. The molecule has 1 aromatic carbocycles. The van der Waals surface area contributed by atoms with Gasteiger partial charge in [-0.05, 0) is 43.0 Å². The van der Waals surface area contributed by atoms with Gasteiger partial charge in [-0.15, -0.1) is 0 Å². The van der Waals surface area contributed by atoms with Gasteiger partial charge in [0.2, 0.25) is 0 Å². The van der Waals surface area contributed by atoms with Gasteiger partial charge >= 0.3 is 0 Å². The predicted molar refractivity (Wildman–Crippen MR) is 82.0 cm³/mol. The summed E-state index contributed by atoms with van der Waals surface area (Å²) in [7, 11) is 0. The van der Waals surface area contributed by atoms with E-state index in [0.717, 1.165) is 49.9 Å². The smallest absolute Gasteiger partial charge is 0.119 e. The van der Waals surface area contributed by atoms with Crippen molar-refractivity contribution in [1.82, 2.24) is 4.90 Å². The van der Waals surface area contributed by atoms with E-state index < -0.39 is 6.10 Å². The Morgan fingerprint density at radius 2 is 2.05 bits per heavy atom. The highest BCUT2D eigenvalue weighted by molar-refractivity contribution is 5.28. The van der Waals surface area contributed by atoms with Crippen molar-refractivity contribution < 1.29 is 9.84 Å². The van der Waals surface area contributed by atoms with E-state index in [4.69, 9.17) is 4.74 Å². The number of benzene rings is 1. The first-order valence-electron chi connectivity index (χ1n) is 7.86. The third kappa shape index (κ3) is 4.22. The van der Waals surface area contributed by atoms with Crippen LogP contribution in [0, 0.1) is 5.92 Å². The molecule has 0 aliphatic carbocycles. The highest BCUT2D eigenvalue weighted by Crippen LogP contribution is 2.23. The Labute approximate surface area is 122 Å². The average Bonchev–Trinajstić information content (AvgIpc) is 2.93. The SMILES string of the molecule is CCCOc1ccc(C(O)CN2CCC(CC)C2)cc1. The molecule has 2 rings (SSSR count). The molecule has 0 amide bonds. The lowest BCUT2D eigenvalue weighted by atomic mass is 10.1. The predicted octanol–water partition coefficient (Wildman–Crippen LogP) is 3.24. The summed E-state index contributed by atoms with van der Waals surface area (Å²) >= 11 is 0. The van der Waals surface area contributed by atoms with E-state index in [-0.39, 0.29) is 0 Å². The number of aliphatic hydroxyl groups excluding tert-OH is 1. The second kappa shape index (κ2) is 7.65. The molecule has 0 bridgehead atoms. The van der Waals surface area contributed by atoms with Crippen molar-refractivity contribution in [3.05, 3.63) is 29.8 Å². The van der Waals surface area contributed by atoms with Crippen molar-refractivity contribution >= 4 is 0 Å². The molecule has 1 aliphatic heterocycles. The van der Waals surface area contributed by atoms with Crippen LogP contribution in [0.2, 0.25) is 0 Å². The van der Waals surface area contributed by atoms with Crippen molar-refractivity contribution in [2.24, 2.45) is 5.92 Å². The maximum absolute atomic E-state index is 10.3. The molecule has 3 nitrogen and oxygen atoms in total. The Balaban J connectivity index is 1.84. The largest absolute Gasteiger partial charge is 0.494 e. The molecule has 0 aromatic heterocycles. The van der Waals surface area contributed by atoms with Crippen LogP contribution in [0.4, 0.5) is 0 Å². The molecule has 112 valence electrons. The summed E-state index contributed by atoms with van der Waals surface area (Å²) in [4.78, 5) is 2.38. The van der Waals surface area contributed by atoms with Gasteiger partial charge < -0.3 is 14.7 Å². The number of nitrogens with zero attached hydrogens (tertiary/aromatic N) is 1. The van der Waals surface area contributed by atoms with Gasteiger partial charge in [-0.1, -0.05) is 32.4 Å². The lowest BCUT2D eigenvalue weighted by Crippen LogP contribution is -2.26. The van der Waals surface area contributed by atoms with Gasteiger partial charge in [-0.25, -0.2) is 0 Å². The zero-order valence-electron chi connectivity index (χ0n) is 12.7. The number of hydrogen-bond acceptors (Lipinski definition) is 3. The highest BCUT2D eigenvalue weighted by atomic mass is 16.5. The number of likely N-dealkylation sites (tertiary alicyclic amines) is 1. The summed E-state index contributed by atoms with van der Waals surface area (Å²) in [5.41, 5.74) is 0.980. The van der Waals surface area contributed by atoms with Crippen LogP contribution in [0.25, 0.3) is 0 Å². The molecule has 3 heteroatoms. The van der Waals surface area contributed by atoms with E-state index in [1.807, 2.05) is 24.3 Å². The van der Waals surface area contributed by atoms with Gasteiger partial charge in [0, 0.05) is 13.1 Å². The van der Waals surface area contributed by atoms with Crippen LogP contribution in [0.1, 0.15) is 44.8 Å². The molecule has 2 atom stereocenters. The molecule has 0 radical (unpaired) electrons. The Hall–Kier alpha value is -1.06. The number of ether oxygens (including phenoxy) is 1. The van der Waals surface area contributed by atoms with E-state index in [2.05, 4.69) is 18.7 Å². The summed E-state index contributed by atoms with van der Waals surface area (Å²) in [5, 5.41) is 10.3. The second-order valence-corrected chi connectivity index (χ2v) is 5.76. The first-order chi connectivity index (χ1) is 9.72. The molecule has 1 fully saturated rings. The highest BCUT2D eigenvalue weighted by Gasteiger charge is 2.23. The van der Waals surface area contributed by atoms with Gasteiger partial charge in [0.25, 0.3) is 0 Å². The van der Waals surface area contributed by atoms with Gasteiger partial charge in [0.15, 0.2) is 0 Å². The second-order valence-electron chi connectivity index (χ2n) is 5.76. The lowest BCUT2D eigenvalue weighted by Gasteiger charge is -2.20. The third-order valence-electron chi connectivity index (χ3n) is 4.12. The number of aliphatic hydroxyl groups is 1. The van der Waals surface area contributed by atoms with E-state index >= 15 is 0 Å². The normalized spacial score (nSPS) is 21.1. The van der Waals surface area contributed by atoms with Gasteiger partial charge in [0.05, 0.1) is 12.7 Å². The molecule has 1 aromatic rings. The fraction of sp³-hybridized carbons (Fsp3) is 0.647. The van der Waals surface area contributed by atoms with Crippen molar-refractivity contribution in [3.8, 4) is 5.75 Å². The van der Waals surface area contributed by atoms with Crippen molar-refractivity contribution in [3.63, 3.8) is 0 Å². The van der Waals surface area contributed by atoms with E-state index in [1.165, 1.54) is 12.8 Å². The van der Waals surface area contributed by atoms with Crippen molar-refractivity contribution in [1.29, 1.82) is 0 Å². The number of hydrogen-bond donors (Lipinski definition) is 1. The Morgan fingerprint density at radius 3 is 2.65 bits per heavy atom. The maximum Gasteiger partial charge on any atom is 0.119 e. The van der Waals surface area contributed by atoms with Crippen LogP contribution >= 0.6 is 0 Å². The molecular weight excluding hydrogens is 250 g/mol. The first kappa shape index (κ1) is 15.3. The Kier molecular flexibility index (Phi) is 5.86. The molecule has 1 aliphatic rings. The molecule has 2 unspecified atom stereocenters. The summed E-state index contributed by atoms with van der Waals surface area (Å²) < 4.78 is 5.56. The topological polar surface area (TPSA) is 32.7 Å². The van der Waals surface area contributed by atoms with Gasteiger partial charge in [-0.3, -0.25) is 0 Å². The van der Waals surface area contributed by atoms with Crippen LogP contribution in [-0.2, 0) is 0 Å². The van der Waals surface area contributed by atoms with E-state index in [1.54, 1.807) is 0 Å². The zero-order valence-corrected chi connectivity index (χ0v) is 12.7. The first-order valence-corrected chi connectivity index (χ1v) is 7.86. The Morgan fingerprint density at radius 1 is 1.30 bits per heavy atom. The van der Waals surface area contributed by atoms with Crippen molar-refractivity contribution in [2.45, 2.75) is 39.2 Å². The molecular formula is C17H27NO2. The van der Waals surface area contributed by atoms with Gasteiger partial charge in [-0.2, -0.15) is 0 Å². The van der Waals surface area contributed by atoms with Crippen LogP contribution in [0.15, 0.2) is 24.3 Å². The monoisotopic (exact) mass is 277 g/mol. The quantitative estimate of drug-likeness (QED) is 0.830. The fourth-order valence-corrected chi connectivity index (χ4v) is 2.77. The molecule has 1 heterocycles. The van der Waals surface area contributed by atoms with E-state index in [0.29, 0.717) is 0 Å². The van der Waals surface area contributed by atoms with Gasteiger partial charge in [0.1, 0.15) is 5.75 Å². The van der Waals surface area contributed by atoms with E-state index in [9.17, 15) is 5.11 Å². The number of β-amino-alcohol motifs (C(OH)–C–C–N with tert-alkyl or cyclic N) is 1. The van der Waals surface area contributed by atoms with Crippen LogP contribution in [-0.4, -0.2) is 36.2 Å². The zero-order chi connectivity index (χ0) is 14.4. The minimum Gasteiger partial charge on any atom is -0.494 e. The molecule has 0 saturated carbocycles. The van der Waals surface area contributed by atoms with Crippen LogP contribution in [0.5, 0.6) is 5.75 Å². The summed E-state index contributed by atoms with van der Waals surface area (Å²) in [5.74, 6) is 1.70.